The molecule has 1 aliphatic rings. The Labute approximate surface area is 175 Å². The van der Waals surface area contributed by atoms with E-state index in [1.165, 1.54) is 11.3 Å². The number of halogens is 3. The molecule has 1 aromatic heterocycles. The number of allylic oxidation sites excluding steroid dienone is 2. The number of benzene rings is 1. The highest BCUT2D eigenvalue weighted by atomic mass is 32.1. The summed E-state index contributed by atoms with van der Waals surface area (Å²) in [5.41, 5.74) is -0.290. The molecule has 0 radical (unpaired) electrons. The number of carbonyl (C=O) groups excluding carboxylic acids is 1. The molecule has 0 bridgehead atoms. The maximum atomic E-state index is 12.9. The summed E-state index contributed by atoms with van der Waals surface area (Å²) in [6, 6.07) is 6.55. The number of anilines is 1. The van der Waals surface area contributed by atoms with E-state index in [9.17, 15) is 18.0 Å². The molecule has 1 amide bonds. The number of rotatable bonds is 8. The highest BCUT2D eigenvalue weighted by Gasteiger charge is 2.38. The Morgan fingerprint density at radius 3 is 2.60 bits per heavy atom. The summed E-state index contributed by atoms with van der Waals surface area (Å²) in [6.45, 7) is 0.553. The van der Waals surface area contributed by atoms with Crippen molar-refractivity contribution in [2.24, 2.45) is 0 Å². The van der Waals surface area contributed by atoms with Gasteiger partial charge >= 0.3 is 6.18 Å². The lowest BCUT2D eigenvalue weighted by Gasteiger charge is -2.23. The normalized spacial score (nSPS) is 14.4. The second-order valence-electron chi connectivity index (χ2n) is 6.63. The second kappa shape index (κ2) is 9.75. The van der Waals surface area contributed by atoms with Gasteiger partial charge in [0, 0.05) is 35.0 Å². The Kier molecular flexibility index (Phi) is 7.09. The van der Waals surface area contributed by atoms with E-state index in [4.69, 9.17) is 10.1 Å². The van der Waals surface area contributed by atoms with Crippen LogP contribution in [0.1, 0.15) is 36.0 Å². The lowest BCUT2D eigenvalue weighted by atomic mass is 9.92. The minimum Gasteiger partial charge on any atom is -0.492 e. The number of thiazole rings is 1. The molecule has 3 N–H and O–H groups in total. The highest BCUT2D eigenvalue weighted by molar-refractivity contribution is 7.13. The van der Waals surface area contributed by atoms with E-state index in [0.717, 1.165) is 6.42 Å². The molecule has 0 spiro atoms. The average molecular weight is 438 g/mol. The molecule has 10 heteroatoms. The van der Waals surface area contributed by atoms with Crippen LogP contribution in [0.15, 0.2) is 47.1 Å². The van der Waals surface area contributed by atoms with Crippen LogP contribution in [0.3, 0.4) is 0 Å². The molecule has 0 unspecified atom stereocenters. The molecular weight excluding hydrogens is 417 g/mol. The van der Waals surface area contributed by atoms with Gasteiger partial charge in [-0.15, -0.1) is 11.3 Å². The third-order valence-corrected chi connectivity index (χ3v) is 5.22. The highest BCUT2D eigenvalue weighted by Crippen LogP contribution is 2.30. The standard InChI is InChI=1S/C20H21F3N4O2S/c21-20(22,23)17(24)15-3-1-2-4-16(15)25-9-11-29-14-7-5-13(6-8-14)18(28)27-19-26-10-12-30-19/h5-8,10,12,24-25H,1-4,9,11H2,(H,26,27,28). The molecule has 1 aromatic carbocycles. The third kappa shape index (κ3) is 5.82. The summed E-state index contributed by atoms with van der Waals surface area (Å²) in [4.78, 5) is 16.1. The second-order valence-corrected chi connectivity index (χ2v) is 7.52. The molecule has 30 heavy (non-hydrogen) atoms. The smallest absolute Gasteiger partial charge is 0.432 e. The third-order valence-electron chi connectivity index (χ3n) is 4.53. The van der Waals surface area contributed by atoms with Crippen LogP contribution in [0, 0.1) is 5.41 Å². The summed E-state index contributed by atoms with van der Waals surface area (Å²) >= 11 is 1.32. The number of ether oxygens (including phenoxy) is 1. The van der Waals surface area contributed by atoms with Gasteiger partial charge in [-0.3, -0.25) is 15.5 Å². The first kappa shape index (κ1) is 21.8. The Hall–Kier alpha value is -2.88. The minimum absolute atomic E-state index is 0.0457. The van der Waals surface area contributed by atoms with Crippen LogP contribution in [0.4, 0.5) is 18.3 Å². The van der Waals surface area contributed by atoms with Crippen molar-refractivity contribution in [3.05, 3.63) is 52.7 Å². The van der Waals surface area contributed by atoms with Crippen LogP contribution in [0.25, 0.3) is 0 Å². The van der Waals surface area contributed by atoms with Gasteiger partial charge in [-0.05, 0) is 49.9 Å². The van der Waals surface area contributed by atoms with Gasteiger partial charge < -0.3 is 10.1 Å². The van der Waals surface area contributed by atoms with E-state index in [-0.39, 0.29) is 24.5 Å². The predicted molar refractivity (Wildman–Crippen MR) is 109 cm³/mol. The predicted octanol–water partition coefficient (Wildman–Crippen LogP) is 4.77. The van der Waals surface area contributed by atoms with Gasteiger partial charge in [-0.25, -0.2) is 4.98 Å². The van der Waals surface area contributed by atoms with E-state index >= 15 is 0 Å². The van der Waals surface area contributed by atoms with Crippen molar-refractivity contribution in [1.82, 2.24) is 10.3 Å². The van der Waals surface area contributed by atoms with Gasteiger partial charge in [0.05, 0.1) is 0 Å². The van der Waals surface area contributed by atoms with Crippen LogP contribution in [0.5, 0.6) is 5.75 Å². The first-order valence-electron chi connectivity index (χ1n) is 9.40. The van der Waals surface area contributed by atoms with E-state index < -0.39 is 11.9 Å². The molecule has 0 atom stereocenters. The molecule has 0 aliphatic heterocycles. The maximum Gasteiger partial charge on any atom is 0.432 e. The fourth-order valence-electron chi connectivity index (χ4n) is 3.08. The van der Waals surface area contributed by atoms with E-state index in [1.54, 1.807) is 35.8 Å². The van der Waals surface area contributed by atoms with Crippen molar-refractivity contribution in [3.8, 4) is 5.75 Å². The van der Waals surface area contributed by atoms with Gasteiger partial charge in [0.15, 0.2) is 5.13 Å². The number of nitrogens with zero attached hydrogens (tertiary/aromatic N) is 1. The van der Waals surface area contributed by atoms with Crippen LogP contribution in [-0.4, -0.2) is 35.9 Å². The zero-order valence-corrected chi connectivity index (χ0v) is 16.8. The van der Waals surface area contributed by atoms with Gasteiger partial charge in [0.2, 0.25) is 0 Å². The Morgan fingerprint density at radius 1 is 1.20 bits per heavy atom. The fourth-order valence-corrected chi connectivity index (χ4v) is 3.60. The van der Waals surface area contributed by atoms with Gasteiger partial charge in [-0.1, -0.05) is 0 Å². The molecule has 2 aromatic rings. The summed E-state index contributed by atoms with van der Waals surface area (Å²) in [5.74, 6) is 0.269. The number of carbonyl (C=O) groups is 1. The summed E-state index contributed by atoms with van der Waals surface area (Å²) in [7, 11) is 0. The minimum atomic E-state index is -4.64. The van der Waals surface area contributed by atoms with Crippen LogP contribution >= 0.6 is 11.3 Å². The topological polar surface area (TPSA) is 87.1 Å². The van der Waals surface area contributed by atoms with Crippen molar-refractivity contribution in [1.29, 1.82) is 5.41 Å². The fraction of sp³-hybridized carbons (Fsp3) is 0.350. The zero-order chi connectivity index (χ0) is 21.6. The molecule has 0 fully saturated rings. The maximum absolute atomic E-state index is 12.9. The van der Waals surface area contributed by atoms with Gasteiger partial charge in [-0.2, -0.15) is 13.2 Å². The SMILES string of the molecule is N=C(C1=C(NCCOc2ccc(C(=O)Nc3nccs3)cc2)CCCC1)C(F)(F)F. The molecule has 0 saturated carbocycles. The number of amides is 1. The lowest BCUT2D eigenvalue weighted by Crippen LogP contribution is -2.30. The Balaban J connectivity index is 1.49. The molecule has 0 saturated heterocycles. The van der Waals surface area contributed by atoms with E-state index in [1.807, 2.05) is 0 Å². The van der Waals surface area contributed by atoms with Crippen molar-refractivity contribution >= 4 is 28.1 Å². The lowest BCUT2D eigenvalue weighted by molar-refractivity contribution is -0.0592. The Bertz CT molecular complexity index is 909. The largest absolute Gasteiger partial charge is 0.492 e. The summed E-state index contributed by atoms with van der Waals surface area (Å²) in [5, 5.41) is 15.4. The van der Waals surface area contributed by atoms with Crippen LogP contribution < -0.4 is 15.4 Å². The molecule has 1 heterocycles. The first-order chi connectivity index (χ1) is 14.3. The first-order valence-corrected chi connectivity index (χ1v) is 10.3. The number of nitrogens with one attached hydrogen (secondary N) is 3. The average Bonchev–Trinajstić information content (AvgIpc) is 3.24. The van der Waals surface area contributed by atoms with E-state index in [0.29, 0.717) is 41.5 Å². The monoisotopic (exact) mass is 438 g/mol. The summed E-state index contributed by atoms with van der Waals surface area (Å²) in [6.07, 6.45) is -0.837. The van der Waals surface area contributed by atoms with Crippen molar-refractivity contribution < 1.29 is 22.7 Å². The van der Waals surface area contributed by atoms with Gasteiger partial charge in [0.25, 0.3) is 5.91 Å². The quantitative estimate of drug-likeness (QED) is 0.409. The zero-order valence-electron chi connectivity index (χ0n) is 16.0. The van der Waals surface area contributed by atoms with Crippen LogP contribution in [-0.2, 0) is 0 Å². The molecule has 160 valence electrons. The van der Waals surface area contributed by atoms with Crippen molar-refractivity contribution in [2.45, 2.75) is 31.9 Å². The van der Waals surface area contributed by atoms with E-state index in [2.05, 4.69) is 15.6 Å². The van der Waals surface area contributed by atoms with Crippen molar-refractivity contribution in [2.75, 3.05) is 18.5 Å². The number of aromatic nitrogens is 1. The van der Waals surface area contributed by atoms with Gasteiger partial charge in [0.1, 0.15) is 18.1 Å². The molecule has 6 nitrogen and oxygen atoms in total. The van der Waals surface area contributed by atoms with Crippen molar-refractivity contribution in [3.63, 3.8) is 0 Å². The molecular formula is C20H21F3N4O2S. The summed E-state index contributed by atoms with van der Waals surface area (Å²) < 4.78 is 44.2. The Morgan fingerprint density at radius 2 is 1.93 bits per heavy atom. The number of hydrogen-bond acceptors (Lipinski definition) is 6. The number of alkyl halides is 3. The number of hydrogen-bond donors (Lipinski definition) is 3. The molecule has 3 rings (SSSR count). The van der Waals surface area contributed by atoms with Crippen LogP contribution in [0.2, 0.25) is 0 Å². The molecule has 1 aliphatic carbocycles.